The van der Waals surface area contributed by atoms with Gasteiger partial charge in [-0.1, -0.05) is 24.1 Å². The molecule has 0 saturated carbocycles. The second-order valence-corrected chi connectivity index (χ2v) is 4.97. The van der Waals surface area contributed by atoms with Crippen LogP contribution < -0.4 is 0 Å². The Morgan fingerprint density at radius 3 is 3.06 bits per heavy atom. The fourth-order valence-corrected chi connectivity index (χ4v) is 2.63. The Morgan fingerprint density at radius 2 is 2.12 bits per heavy atom. The molecule has 2 aliphatic rings. The fraction of sp³-hybridized carbons (Fsp3) is 0.462. The Labute approximate surface area is 101 Å². The molecule has 0 spiro atoms. The zero-order chi connectivity index (χ0) is 11.0. The third kappa shape index (κ3) is 1.82. The number of benzene rings is 1. The molecule has 1 saturated heterocycles. The highest BCUT2D eigenvalue weighted by Crippen LogP contribution is 2.31. The number of hydrogen-bond acceptors (Lipinski definition) is 2. The lowest BCUT2D eigenvalue weighted by Crippen LogP contribution is -2.32. The van der Waals surface area contributed by atoms with Crippen molar-refractivity contribution in [3.05, 3.63) is 28.8 Å². The fourth-order valence-electron chi connectivity index (χ4n) is 2.47. The Balaban J connectivity index is 2.00. The van der Waals surface area contributed by atoms with Gasteiger partial charge in [-0.2, -0.15) is 0 Å². The number of rotatable bonds is 0. The van der Waals surface area contributed by atoms with Crippen LogP contribution in [0.2, 0.25) is 5.02 Å². The molecule has 2 heterocycles. The van der Waals surface area contributed by atoms with E-state index in [-0.39, 0.29) is 0 Å². The van der Waals surface area contributed by atoms with Gasteiger partial charge in [0.05, 0.1) is 5.69 Å². The van der Waals surface area contributed by atoms with Crippen LogP contribution in [0.4, 0.5) is 5.69 Å². The van der Waals surface area contributed by atoms with Crippen LogP contribution in [0.5, 0.6) is 0 Å². The van der Waals surface area contributed by atoms with Gasteiger partial charge in [0.1, 0.15) is 5.84 Å². The van der Waals surface area contributed by atoms with Gasteiger partial charge in [0, 0.05) is 24.5 Å². The first-order valence-electron chi connectivity index (χ1n) is 5.94. The van der Waals surface area contributed by atoms with Crippen molar-refractivity contribution < 1.29 is 0 Å². The molecule has 0 N–H and O–H groups in total. The number of nitrogens with zero attached hydrogens (tertiary/aromatic N) is 2. The molecule has 84 valence electrons. The molecule has 1 aromatic carbocycles. The van der Waals surface area contributed by atoms with Crippen molar-refractivity contribution in [2.24, 2.45) is 4.99 Å². The van der Waals surface area contributed by atoms with E-state index in [1.807, 2.05) is 12.1 Å². The minimum Gasteiger partial charge on any atom is -0.356 e. The summed E-state index contributed by atoms with van der Waals surface area (Å²) in [7, 11) is 0. The summed E-state index contributed by atoms with van der Waals surface area (Å²) < 4.78 is 0. The van der Waals surface area contributed by atoms with Crippen molar-refractivity contribution in [2.45, 2.75) is 32.2 Å². The molecule has 3 rings (SSSR count). The van der Waals surface area contributed by atoms with E-state index < -0.39 is 0 Å². The summed E-state index contributed by atoms with van der Waals surface area (Å²) in [5, 5.41) is 0.783. The van der Waals surface area contributed by atoms with Crippen LogP contribution in [-0.2, 0) is 6.54 Å². The lowest BCUT2D eigenvalue weighted by molar-refractivity contribution is 0.403. The Kier molecular flexibility index (Phi) is 2.60. The van der Waals surface area contributed by atoms with E-state index >= 15 is 0 Å². The normalized spacial score (nSPS) is 19.6. The largest absolute Gasteiger partial charge is 0.356 e. The second kappa shape index (κ2) is 4.10. The molecule has 0 aliphatic carbocycles. The lowest BCUT2D eigenvalue weighted by atomic mass is 10.1. The Morgan fingerprint density at radius 1 is 1.19 bits per heavy atom. The van der Waals surface area contributed by atoms with E-state index in [2.05, 4.69) is 11.0 Å². The highest BCUT2D eigenvalue weighted by Gasteiger charge is 2.20. The molecule has 1 fully saturated rings. The molecule has 0 bridgehead atoms. The highest BCUT2D eigenvalue weighted by atomic mass is 35.5. The summed E-state index contributed by atoms with van der Waals surface area (Å²) in [6, 6.07) is 6.04. The molecule has 0 radical (unpaired) electrons. The van der Waals surface area contributed by atoms with Crippen LogP contribution in [0, 0.1) is 0 Å². The van der Waals surface area contributed by atoms with E-state index in [9.17, 15) is 0 Å². The average molecular weight is 235 g/mol. The topological polar surface area (TPSA) is 15.6 Å². The number of fused-ring (bicyclic) bond motifs is 2. The maximum atomic E-state index is 6.00. The van der Waals surface area contributed by atoms with Gasteiger partial charge in [-0.25, -0.2) is 4.99 Å². The van der Waals surface area contributed by atoms with Crippen molar-refractivity contribution in [1.29, 1.82) is 0 Å². The van der Waals surface area contributed by atoms with Gasteiger partial charge in [-0.3, -0.25) is 0 Å². The molecule has 1 aromatic rings. The van der Waals surface area contributed by atoms with Crippen LogP contribution in [0.15, 0.2) is 23.2 Å². The van der Waals surface area contributed by atoms with Crippen molar-refractivity contribution in [3.8, 4) is 0 Å². The first kappa shape index (κ1) is 10.2. The predicted octanol–water partition coefficient (Wildman–Crippen LogP) is 3.76. The van der Waals surface area contributed by atoms with Crippen molar-refractivity contribution in [3.63, 3.8) is 0 Å². The number of amidine groups is 1. The van der Waals surface area contributed by atoms with Crippen molar-refractivity contribution in [1.82, 2.24) is 4.90 Å². The summed E-state index contributed by atoms with van der Waals surface area (Å²) in [5.74, 6) is 1.26. The summed E-state index contributed by atoms with van der Waals surface area (Å²) in [5.41, 5.74) is 2.37. The van der Waals surface area contributed by atoms with Crippen LogP contribution in [-0.4, -0.2) is 17.3 Å². The quantitative estimate of drug-likeness (QED) is 0.668. The molecular formula is C13H15ClN2. The summed E-state index contributed by atoms with van der Waals surface area (Å²) >= 11 is 6.00. The summed E-state index contributed by atoms with van der Waals surface area (Å²) in [6.07, 6.45) is 5.01. The Hall–Kier alpha value is -1.02. The SMILES string of the molecule is Clc1ccc2c(c1)N=C1CCCCCN1C2. The molecule has 0 unspecified atom stereocenters. The van der Waals surface area contributed by atoms with Gasteiger partial charge in [0.15, 0.2) is 0 Å². The highest BCUT2D eigenvalue weighted by molar-refractivity contribution is 6.30. The van der Waals surface area contributed by atoms with Crippen LogP contribution in [0.3, 0.4) is 0 Å². The maximum Gasteiger partial charge on any atom is 0.105 e. The molecule has 0 atom stereocenters. The summed E-state index contributed by atoms with van der Waals surface area (Å²) in [4.78, 5) is 7.17. The van der Waals surface area contributed by atoms with Crippen LogP contribution in [0.1, 0.15) is 31.2 Å². The minimum atomic E-state index is 0.783. The Bertz CT molecular complexity index is 440. The summed E-state index contributed by atoms with van der Waals surface area (Å²) in [6.45, 7) is 2.16. The monoisotopic (exact) mass is 234 g/mol. The second-order valence-electron chi connectivity index (χ2n) is 4.53. The first-order chi connectivity index (χ1) is 7.83. The van der Waals surface area contributed by atoms with Crippen LogP contribution >= 0.6 is 11.6 Å². The number of hydrogen-bond donors (Lipinski definition) is 0. The van der Waals surface area contributed by atoms with E-state index in [1.54, 1.807) is 0 Å². The van der Waals surface area contributed by atoms with Gasteiger partial charge in [-0.05, 0) is 30.5 Å². The molecule has 16 heavy (non-hydrogen) atoms. The zero-order valence-corrected chi connectivity index (χ0v) is 10.0. The minimum absolute atomic E-state index is 0.783. The number of aliphatic imine (C=N–C) groups is 1. The predicted molar refractivity (Wildman–Crippen MR) is 67.4 cm³/mol. The van der Waals surface area contributed by atoms with Crippen LogP contribution in [0.25, 0.3) is 0 Å². The van der Waals surface area contributed by atoms with E-state index in [0.29, 0.717) is 0 Å². The van der Waals surface area contributed by atoms with Gasteiger partial charge >= 0.3 is 0 Å². The average Bonchev–Trinajstić information content (AvgIpc) is 2.50. The van der Waals surface area contributed by atoms with E-state index in [0.717, 1.165) is 30.2 Å². The molecule has 0 amide bonds. The number of halogens is 1. The third-order valence-corrected chi connectivity index (χ3v) is 3.59. The van der Waals surface area contributed by atoms with Crippen molar-refractivity contribution in [2.75, 3.05) is 6.54 Å². The smallest absolute Gasteiger partial charge is 0.105 e. The van der Waals surface area contributed by atoms with Gasteiger partial charge in [0.25, 0.3) is 0 Å². The zero-order valence-electron chi connectivity index (χ0n) is 9.25. The molecule has 2 nitrogen and oxygen atoms in total. The standard InChI is InChI=1S/C13H15ClN2/c14-11-6-5-10-9-16-7-3-1-2-4-13(16)15-12(10)8-11/h5-6,8H,1-4,7,9H2. The first-order valence-corrected chi connectivity index (χ1v) is 6.32. The third-order valence-electron chi connectivity index (χ3n) is 3.35. The van der Waals surface area contributed by atoms with E-state index in [4.69, 9.17) is 16.6 Å². The van der Waals surface area contributed by atoms with Crippen molar-refractivity contribution >= 4 is 23.1 Å². The maximum absolute atomic E-state index is 6.00. The van der Waals surface area contributed by atoms with Gasteiger partial charge in [0.2, 0.25) is 0 Å². The molecule has 3 heteroatoms. The van der Waals surface area contributed by atoms with Gasteiger partial charge in [-0.15, -0.1) is 0 Å². The van der Waals surface area contributed by atoms with Gasteiger partial charge < -0.3 is 4.90 Å². The molecular weight excluding hydrogens is 220 g/mol. The van der Waals surface area contributed by atoms with E-state index in [1.165, 1.54) is 30.7 Å². The lowest BCUT2D eigenvalue weighted by Gasteiger charge is -2.29. The molecule has 2 aliphatic heterocycles. The molecule has 0 aromatic heterocycles.